The third-order valence-electron chi connectivity index (χ3n) is 6.08. The van der Waals surface area contributed by atoms with Crippen LogP contribution in [0.4, 0.5) is 25.5 Å². The highest BCUT2D eigenvalue weighted by atomic mass is 35.5. The molecule has 0 saturated carbocycles. The number of methoxy groups -OCH3 is 1. The number of hydrogen-bond acceptors (Lipinski definition) is 7. The summed E-state index contributed by atoms with van der Waals surface area (Å²) in [6, 6.07) is 7.54. The van der Waals surface area contributed by atoms with Gasteiger partial charge in [0.1, 0.15) is 23.5 Å². The van der Waals surface area contributed by atoms with Gasteiger partial charge in [-0.3, -0.25) is 0 Å². The Morgan fingerprint density at radius 3 is 2.68 bits per heavy atom. The Bertz CT molecular complexity index is 1370. The van der Waals surface area contributed by atoms with Crippen LogP contribution >= 0.6 is 11.6 Å². The van der Waals surface area contributed by atoms with E-state index < -0.39 is 29.6 Å². The van der Waals surface area contributed by atoms with E-state index in [1.165, 1.54) is 35.4 Å². The van der Waals surface area contributed by atoms with Crippen LogP contribution in [-0.4, -0.2) is 75.4 Å². The van der Waals surface area contributed by atoms with Crippen LogP contribution in [0, 0.1) is 5.82 Å². The fourth-order valence-electron chi connectivity index (χ4n) is 4.33. The van der Waals surface area contributed by atoms with Crippen LogP contribution in [0.1, 0.15) is 26.3 Å². The Morgan fingerprint density at radius 2 is 2.00 bits per heavy atom. The number of amides is 2. The molecule has 202 valence electrons. The normalized spacial score (nSPS) is 15.9. The van der Waals surface area contributed by atoms with Crippen LogP contribution < -0.4 is 10.1 Å². The van der Waals surface area contributed by atoms with Crippen molar-refractivity contribution in [3.63, 3.8) is 0 Å². The summed E-state index contributed by atoms with van der Waals surface area (Å²) >= 11 is 5.93. The largest absolute Gasteiger partial charge is 0.496 e. The minimum absolute atomic E-state index is 0.0312. The first-order valence-corrected chi connectivity index (χ1v) is 12.3. The molecule has 1 aliphatic rings. The third-order valence-corrected chi connectivity index (χ3v) is 6.37. The van der Waals surface area contributed by atoms with Gasteiger partial charge in [-0.2, -0.15) is 0 Å². The summed E-state index contributed by atoms with van der Waals surface area (Å²) in [5, 5.41) is 13.3. The molecule has 1 saturated heterocycles. The monoisotopic (exact) mass is 545 g/mol. The fraction of sp³-hybridized carbons (Fsp3) is 0.385. The number of hydrogen-bond donors (Lipinski definition) is 2. The van der Waals surface area contributed by atoms with E-state index in [0.29, 0.717) is 28.0 Å². The molecule has 10 nitrogen and oxygen atoms in total. The number of nitrogens with zero attached hydrogens (tertiary/aromatic N) is 4. The SMILES string of the molecule is COc1cc2ncnc(Nc3cccc(Cl)c3F)c2cc1C[C@@H]1CN(C(=O)OC(C)(C)C)CCN1C(=O)O. The van der Waals surface area contributed by atoms with Gasteiger partial charge in [0.05, 0.1) is 29.4 Å². The molecule has 2 N–H and O–H groups in total. The highest BCUT2D eigenvalue weighted by molar-refractivity contribution is 6.31. The number of carbonyl (C=O) groups is 2. The van der Waals surface area contributed by atoms with Crippen molar-refractivity contribution in [3.8, 4) is 5.75 Å². The molecule has 0 unspecified atom stereocenters. The van der Waals surface area contributed by atoms with E-state index in [2.05, 4.69) is 15.3 Å². The molecule has 4 rings (SSSR count). The Labute approximate surface area is 224 Å². The van der Waals surface area contributed by atoms with Gasteiger partial charge >= 0.3 is 12.2 Å². The van der Waals surface area contributed by atoms with E-state index in [4.69, 9.17) is 21.1 Å². The maximum atomic E-state index is 14.6. The first kappa shape index (κ1) is 27.2. The minimum atomic E-state index is -1.08. The summed E-state index contributed by atoms with van der Waals surface area (Å²) in [5.41, 5.74) is 0.683. The summed E-state index contributed by atoms with van der Waals surface area (Å²) in [7, 11) is 1.51. The van der Waals surface area contributed by atoms with Gasteiger partial charge in [-0.1, -0.05) is 17.7 Å². The van der Waals surface area contributed by atoms with E-state index in [-0.39, 0.29) is 36.8 Å². The van der Waals surface area contributed by atoms with Crippen molar-refractivity contribution in [2.24, 2.45) is 0 Å². The van der Waals surface area contributed by atoms with Crippen molar-refractivity contribution >= 4 is 46.2 Å². The second kappa shape index (κ2) is 10.9. The highest BCUT2D eigenvalue weighted by Crippen LogP contribution is 2.33. The molecule has 0 spiro atoms. The first-order chi connectivity index (χ1) is 18.0. The summed E-state index contributed by atoms with van der Waals surface area (Å²) in [5.74, 6) is 0.223. The van der Waals surface area contributed by atoms with Crippen LogP contribution in [0.3, 0.4) is 0 Å². The summed E-state index contributed by atoms with van der Waals surface area (Å²) in [6.45, 7) is 5.83. The standard InChI is InChI=1S/C26H29ClFN5O5/c1-26(2,3)38-25(36)32-8-9-33(24(34)35)16(13-32)10-15-11-17-20(12-21(15)37-4)29-14-30-23(17)31-19-7-5-6-18(27)22(19)28/h5-7,11-12,14,16H,8-10,13H2,1-4H3,(H,34,35)(H,29,30,31)/t16-/m1/s1. The van der Waals surface area contributed by atoms with Crippen LogP contribution in [-0.2, 0) is 11.2 Å². The Hall–Kier alpha value is -3.86. The zero-order valence-corrected chi connectivity index (χ0v) is 22.3. The number of aromatic nitrogens is 2. The van der Waals surface area contributed by atoms with Gasteiger partial charge in [0, 0.05) is 31.1 Å². The lowest BCUT2D eigenvalue weighted by Crippen LogP contribution is -2.57. The smallest absolute Gasteiger partial charge is 0.410 e. The molecule has 3 aromatic rings. The average Bonchev–Trinajstić information content (AvgIpc) is 2.85. The number of piperazine rings is 1. The molecule has 1 aliphatic heterocycles. The van der Waals surface area contributed by atoms with Gasteiger partial charge < -0.3 is 29.7 Å². The molecule has 38 heavy (non-hydrogen) atoms. The van der Waals surface area contributed by atoms with Gasteiger partial charge in [0.15, 0.2) is 5.82 Å². The quantitative estimate of drug-likeness (QED) is 0.442. The molecular weight excluding hydrogens is 517 g/mol. The van der Waals surface area contributed by atoms with Gasteiger partial charge in [-0.05, 0) is 51.0 Å². The van der Waals surface area contributed by atoms with E-state index in [9.17, 15) is 19.1 Å². The van der Waals surface area contributed by atoms with Crippen LogP contribution in [0.2, 0.25) is 5.02 Å². The van der Waals surface area contributed by atoms with Gasteiger partial charge in [-0.25, -0.2) is 23.9 Å². The van der Waals surface area contributed by atoms with Crippen molar-refractivity contribution < 1.29 is 28.6 Å². The molecule has 1 atom stereocenters. The molecule has 1 fully saturated rings. The second-order valence-corrected chi connectivity index (χ2v) is 10.3. The number of nitrogens with one attached hydrogen (secondary N) is 1. The average molecular weight is 546 g/mol. The highest BCUT2D eigenvalue weighted by Gasteiger charge is 2.35. The molecule has 0 bridgehead atoms. The zero-order chi connectivity index (χ0) is 27.6. The van der Waals surface area contributed by atoms with E-state index in [1.807, 2.05) is 0 Å². The molecule has 2 amide bonds. The maximum absolute atomic E-state index is 14.6. The number of ether oxygens (including phenoxy) is 2. The Balaban J connectivity index is 1.68. The lowest BCUT2D eigenvalue weighted by Gasteiger charge is -2.40. The molecule has 0 radical (unpaired) electrons. The lowest BCUT2D eigenvalue weighted by atomic mass is 9.99. The summed E-state index contributed by atoms with van der Waals surface area (Å²) < 4.78 is 25.6. The summed E-state index contributed by atoms with van der Waals surface area (Å²) in [6.07, 6.45) is 0.00479. The molecule has 2 aromatic carbocycles. The Kier molecular flexibility index (Phi) is 7.77. The third kappa shape index (κ3) is 5.99. The van der Waals surface area contributed by atoms with Gasteiger partial charge in [0.2, 0.25) is 0 Å². The molecule has 1 aromatic heterocycles. The van der Waals surface area contributed by atoms with E-state index >= 15 is 0 Å². The molecule has 0 aliphatic carbocycles. The van der Waals surface area contributed by atoms with Crippen molar-refractivity contribution in [1.82, 2.24) is 19.8 Å². The molecule has 2 heterocycles. The predicted molar refractivity (Wildman–Crippen MR) is 141 cm³/mol. The van der Waals surface area contributed by atoms with Crippen molar-refractivity contribution in [2.75, 3.05) is 32.1 Å². The van der Waals surface area contributed by atoms with Crippen molar-refractivity contribution in [2.45, 2.75) is 38.8 Å². The molecule has 12 heteroatoms. The van der Waals surface area contributed by atoms with Crippen LogP contribution in [0.25, 0.3) is 10.9 Å². The van der Waals surface area contributed by atoms with Gasteiger partial charge in [0.25, 0.3) is 0 Å². The van der Waals surface area contributed by atoms with E-state index in [0.717, 1.165) is 0 Å². The van der Waals surface area contributed by atoms with E-state index in [1.54, 1.807) is 39.0 Å². The minimum Gasteiger partial charge on any atom is -0.496 e. The summed E-state index contributed by atoms with van der Waals surface area (Å²) in [4.78, 5) is 36.1. The second-order valence-electron chi connectivity index (χ2n) is 9.89. The number of benzene rings is 2. The van der Waals surface area contributed by atoms with Gasteiger partial charge in [-0.15, -0.1) is 0 Å². The first-order valence-electron chi connectivity index (χ1n) is 12.0. The number of carbonyl (C=O) groups excluding carboxylic acids is 1. The molecular formula is C26H29ClFN5O5. The topological polar surface area (TPSA) is 117 Å². The predicted octanol–water partition coefficient (Wildman–Crippen LogP) is 5.32. The zero-order valence-electron chi connectivity index (χ0n) is 21.5. The number of anilines is 2. The number of rotatable bonds is 5. The Morgan fingerprint density at radius 1 is 1.24 bits per heavy atom. The number of halogens is 2. The number of carboxylic acid groups (broad SMARTS) is 1. The van der Waals surface area contributed by atoms with Crippen LogP contribution in [0.15, 0.2) is 36.7 Å². The number of fused-ring (bicyclic) bond motifs is 1. The fourth-order valence-corrected chi connectivity index (χ4v) is 4.51. The maximum Gasteiger partial charge on any atom is 0.410 e. The lowest BCUT2D eigenvalue weighted by molar-refractivity contribution is 0.00536. The van der Waals surface area contributed by atoms with Crippen molar-refractivity contribution in [3.05, 3.63) is 53.1 Å². The van der Waals surface area contributed by atoms with Crippen molar-refractivity contribution in [1.29, 1.82) is 0 Å². The van der Waals surface area contributed by atoms with Crippen LogP contribution in [0.5, 0.6) is 5.75 Å².